The van der Waals surface area contributed by atoms with E-state index in [9.17, 15) is 4.79 Å². The predicted molar refractivity (Wildman–Crippen MR) is 113 cm³/mol. The van der Waals surface area contributed by atoms with Crippen LogP contribution in [0.5, 0.6) is 5.75 Å². The Bertz CT molecular complexity index is 820. The number of carbonyl (C=O) groups excluding carboxylic acids is 1. The average Bonchev–Trinajstić information content (AvgIpc) is 3.11. The molecule has 1 aliphatic rings. The van der Waals surface area contributed by atoms with Gasteiger partial charge in [0.25, 0.3) is 5.91 Å². The highest BCUT2D eigenvalue weighted by atomic mass is 32.1. The first-order chi connectivity index (χ1) is 13.7. The van der Waals surface area contributed by atoms with Crippen molar-refractivity contribution in [2.24, 2.45) is 4.99 Å². The minimum atomic E-state index is -0.00809. The maximum Gasteiger partial charge on any atom is 0.265 e. The zero-order chi connectivity index (χ0) is 19.8. The summed E-state index contributed by atoms with van der Waals surface area (Å²) in [6.07, 6.45) is 1.65. The molecule has 0 aliphatic carbocycles. The Labute approximate surface area is 169 Å². The smallest absolute Gasteiger partial charge is 0.265 e. The van der Waals surface area contributed by atoms with E-state index >= 15 is 0 Å². The van der Waals surface area contributed by atoms with Crippen molar-refractivity contribution >= 4 is 28.9 Å². The minimum Gasteiger partial charge on any atom is -0.482 e. The Balaban J connectivity index is 1.48. The number of para-hydroxylation sites is 2. The lowest BCUT2D eigenvalue weighted by atomic mass is 10.2. The average molecular weight is 402 g/mol. The number of benzene rings is 1. The molecule has 1 aromatic carbocycles. The SMILES string of the molecule is CCNC(=NCCCN1C(=O)COc2ccccc21)NCCc1csc(C)n1. The number of aryl methyl sites for hydroxylation is 1. The molecule has 8 heteroatoms. The summed E-state index contributed by atoms with van der Waals surface area (Å²) in [7, 11) is 0. The van der Waals surface area contributed by atoms with Crippen LogP contribution in [0.1, 0.15) is 24.0 Å². The number of aliphatic imine (C=N–C) groups is 1. The molecule has 150 valence electrons. The molecule has 0 fully saturated rings. The number of rotatable bonds is 8. The number of guanidine groups is 1. The van der Waals surface area contributed by atoms with Crippen molar-refractivity contribution in [3.63, 3.8) is 0 Å². The van der Waals surface area contributed by atoms with Crippen LogP contribution >= 0.6 is 11.3 Å². The number of nitrogens with one attached hydrogen (secondary N) is 2. The Morgan fingerprint density at radius 3 is 3.00 bits per heavy atom. The molecule has 3 rings (SSSR count). The monoisotopic (exact) mass is 401 g/mol. The van der Waals surface area contributed by atoms with Crippen molar-refractivity contribution in [1.82, 2.24) is 15.6 Å². The second kappa shape index (κ2) is 10.1. The van der Waals surface area contributed by atoms with Crippen LogP contribution in [0.15, 0.2) is 34.6 Å². The van der Waals surface area contributed by atoms with Crippen LogP contribution in [0.2, 0.25) is 0 Å². The fourth-order valence-corrected chi connectivity index (χ4v) is 3.64. The second-order valence-corrected chi connectivity index (χ2v) is 7.51. The first kappa shape index (κ1) is 20.1. The summed E-state index contributed by atoms with van der Waals surface area (Å²) in [5, 5.41) is 9.79. The summed E-state index contributed by atoms with van der Waals surface area (Å²) < 4.78 is 5.48. The molecule has 1 aromatic heterocycles. The van der Waals surface area contributed by atoms with Crippen molar-refractivity contribution in [2.45, 2.75) is 26.7 Å². The second-order valence-electron chi connectivity index (χ2n) is 6.45. The standard InChI is InChI=1S/C20H27N5O2S/c1-3-21-20(23-11-9-16-14-28-15(2)24-16)22-10-6-12-25-17-7-4-5-8-18(17)27-13-19(25)26/h4-5,7-8,14H,3,6,9-13H2,1-2H3,(H2,21,22,23). The number of fused-ring (bicyclic) bond motifs is 1. The molecular weight excluding hydrogens is 374 g/mol. The van der Waals surface area contributed by atoms with E-state index in [2.05, 4.69) is 26.0 Å². The van der Waals surface area contributed by atoms with Gasteiger partial charge in [-0.05, 0) is 32.4 Å². The minimum absolute atomic E-state index is 0.00809. The molecule has 1 amide bonds. The van der Waals surface area contributed by atoms with Gasteiger partial charge < -0.3 is 20.3 Å². The topological polar surface area (TPSA) is 78.9 Å². The number of aromatic nitrogens is 1. The molecule has 0 saturated heterocycles. The van der Waals surface area contributed by atoms with Gasteiger partial charge in [0, 0.05) is 38.0 Å². The molecule has 0 spiro atoms. The van der Waals surface area contributed by atoms with Crippen molar-refractivity contribution in [1.29, 1.82) is 0 Å². The quantitative estimate of drug-likeness (QED) is 0.403. The van der Waals surface area contributed by atoms with Crippen LogP contribution in [0, 0.1) is 6.92 Å². The summed E-state index contributed by atoms with van der Waals surface area (Å²) in [6, 6.07) is 7.65. The van der Waals surface area contributed by atoms with Crippen LogP contribution in [0.4, 0.5) is 5.69 Å². The Morgan fingerprint density at radius 2 is 2.21 bits per heavy atom. The maximum atomic E-state index is 12.2. The third-order valence-electron chi connectivity index (χ3n) is 4.30. The molecule has 0 saturated carbocycles. The van der Waals surface area contributed by atoms with Crippen LogP contribution < -0.4 is 20.3 Å². The van der Waals surface area contributed by atoms with Crippen molar-refractivity contribution in [3.8, 4) is 5.75 Å². The van der Waals surface area contributed by atoms with Gasteiger partial charge in [0.1, 0.15) is 5.75 Å². The van der Waals surface area contributed by atoms with Crippen LogP contribution in [-0.4, -0.2) is 49.6 Å². The van der Waals surface area contributed by atoms with E-state index in [4.69, 9.17) is 4.74 Å². The molecule has 1 aliphatic heterocycles. The molecule has 0 radical (unpaired) electrons. The lowest BCUT2D eigenvalue weighted by Gasteiger charge is -2.29. The molecule has 7 nitrogen and oxygen atoms in total. The Kier molecular flexibility index (Phi) is 7.25. The molecule has 2 heterocycles. The fraction of sp³-hybridized carbons (Fsp3) is 0.450. The third kappa shape index (κ3) is 5.45. The van der Waals surface area contributed by atoms with Crippen LogP contribution in [0.3, 0.4) is 0 Å². The van der Waals surface area contributed by atoms with Crippen molar-refractivity contribution < 1.29 is 9.53 Å². The van der Waals surface area contributed by atoms with Gasteiger partial charge in [-0.15, -0.1) is 11.3 Å². The molecule has 2 N–H and O–H groups in total. The molecule has 0 atom stereocenters. The zero-order valence-electron chi connectivity index (χ0n) is 16.4. The van der Waals surface area contributed by atoms with Crippen molar-refractivity contribution in [2.75, 3.05) is 37.7 Å². The highest BCUT2D eigenvalue weighted by Crippen LogP contribution is 2.31. The highest BCUT2D eigenvalue weighted by molar-refractivity contribution is 7.09. The van der Waals surface area contributed by atoms with Gasteiger partial charge in [-0.3, -0.25) is 9.79 Å². The van der Waals surface area contributed by atoms with E-state index in [0.29, 0.717) is 13.1 Å². The van der Waals surface area contributed by atoms with Gasteiger partial charge in [-0.25, -0.2) is 4.98 Å². The summed E-state index contributed by atoms with van der Waals surface area (Å²) >= 11 is 1.67. The Hall–Kier alpha value is -2.61. The summed E-state index contributed by atoms with van der Waals surface area (Å²) in [5.41, 5.74) is 1.95. The van der Waals surface area contributed by atoms with E-state index in [1.165, 1.54) is 0 Å². The van der Waals surface area contributed by atoms with E-state index in [1.807, 2.05) is 38.1 Å². The fourth-order valence-electron chi connectivity index (χ4n) is 2.99. The normalized spacial score (nSPS) is 13.9. The van der Waals surface area contributed by atoms with E-state index in [0.717, 1.165) is 54.0 Å². The first-order valence-electron chi connectivity index (χ1n) is 9.62. The number of nitrogens with zero attached hydrogens (tertiary/aromatic N) is 3. The van der Waals surface area contributed by atoms with E-state index in [-0.39, 0.29) is 12.5 Å². The lowest BCUT2D eigenvalue weighted by Crippen LogP contribution is -2.40. The predicted octanol–water partition coefficient (Wildman–Crippen LogP) is 2.36. The van der Waals surface area contributed by atoms with Gasteiger partial charge in [0.05, 0.1) is 16.4 Å². The van der Waals surface area contributed by atoms with E-state index in [1.54, 1.807) is 16.2 Å². The zero-order valence-corrected chi connectivity index (χ0v) is 17.2. The van der Waals surface area contributed by atoms with Crippen molar-refractivity contribution in [3.05, 3.63) is 40.3 Å². The maximum absolute atomic E-state index is 12.2. The molecule has 0 unspecified atom stereocenters. The number of carbonyl (C=O) groups is 1. The summed E-state index contributed by atoms with van der Waals surface area (Å²) in [5.74, 6) is 1.55. The third-order valence-corrected chi connectivity index (χ3v) is 5.12. The summed E-state index contributed by atoms with van der Waals surface area (Å²) in [6.45, 7) is 7.01. The first-order valence-corrected chi connectivity index (χ1v) is 10.5. The van der Waals surface area contributed by atoms with Gasteiger partial charge in [-0.2, -0.15) is 0 Å². The van der Waals surface area contributed by atoms with E-state index < -0.39 is 0 Å². The highest BCUT2D eigenvalue weighted by Gasteiger charge is 2.24. The van der Waals surface area contributed by atoms with Gasteiger partial charge in [-0.1, -0.05) is 12.1 Å². The largest absolute Gasteiger partial charge is 0.482 e. The number of hydrogen-bond donors (Lipinski definition) is 2. The molecule has 2 aromatic rings. The van der Waals surface area contributed by atoms with Gasteiger partial charge in [0.15, 0.2) is 12.6 Å². The molecular formula is C20H27N5O2S. The number of anilines is 1. The lowest BCUT2D eigenvalue weighted by molar-refractivity contribution is -0.121. The van der Waals surface area contributed by atoms with Crippen LogP contribution in [0.25, 0.3) is 0 Å². The van der Waals surface area contributed by atoms with Gasteiger partial charge >= 0.3 is 0 Å². The van der Waals surface area contributed by atoms with Crippen LogP contribution in [-0.2, 0) is 11.2 Å². The molecule has 28 heavy (non-hydrogen) atoms. The number of amides is 1. The number of thiazole rings is 1. The number of hydrogen-bond acceptors (Lipinski definition) is 5. The number of ether oxygens (including phenoxy) is 1. The van der Waals surface area contributed by atoms with Gasteiger partial charge in [0.2, 0.25) is 0 Å². The molecule has 0 bridgehead atoms. The Morgan fingerprint density at radius 1 is 1.36 bits per heavy atom. The summed E-state index contributed by atoms with van der Waals surface area (Å²) in [4.78, 5) is 23.1.